The van der Waals surface area contributed by atoms with E-state index in [1.54, 1.807) is 0 Å². The van der Waals surface area contributed by atoms with Gasteiger partial charge in [-0.2, -0.15) is 0 Å². The van der Waals surface area contributed by atoms with Crippen LogP contribution in [-0.4, -0.2) is 59.0 Å². The fraction of sp³-hybridized carbons (Fsp3) is 0.765. The number of amides is 1. The smallest absolute Gasteiger partial charge is 0.275 e. The summed E-state index contributed by atoms with van der Waals surface area (Å²) in [7, 11) is 0. The van der Waals surface area contributed by atoms with Crippen LogP contribution in [0, 0.1) is 6.92 Å². The summed E-state index contributed by atoms with van der Waals surface area (Å²) in [6, 6.07) is 1.99. The molecule has 7 nitrogen and oxygen atoms in total. The van der Waals surface area contributed by atoms with Gasteiger partial charge in [0.2, 0.25) is 0 Å². The van der Waals surface area contributed by atoms with E-state index in [1.165, 1.54) is 5.06 Å². The molecule has 1 aromatic heterocycles. The van der Waals surface area contributed by atoms with Crippen molar-refractivity contribution in [3.05, 3.63) is 17.5 Å². The zero-order valence-corrected chi connectivity index (χ0v) is 14.2. The highest BCUT2D eigenvalue weighted by Crippen LogP contribution is 2.39. The Bertz CT molecular complexity index is 588. The molecule has 1 atom stereocenters. The molecule has 0 saturated carbocycles. The van der Waals surface area contributed by atoms with E-state index >= 15 is 0 Å². The van der Waals surface area contributed by atoms with Crippen LogP contribution in [0.4, 0.5) is 0 Å². The summed E-state index contributed by atoms with van der Waals surface area (Å²) in [5.74, 6) is 0.855. The summed E-state index contributed by atoms with van der Waals surface area (Å²) in [5, 5.41) is 5.56. The van der Waals surface area contributed by atoms with Gasteiger partial charge in [-0.05, 0) is 39.0 Å². The lowest BCUT2D eigenvalue weighted by Crippen LogP contribution is -2.45. The maximum absolute atomic E-state index is 12.4. The number of carbonyl (C=O) groups is 1. The van der Waals surface area contributed by atoms with E-state index < -0.39 is 0 Å². The number of aromatic nitrogens is 1. The van der Waals surface area contributed by atoms with E-state index in [0.29, 0.717) is 13.2 Å². The highest BCUT2D eigenvalue weighted by atomic mass is 16.7. The summed E-state index contributed by atoms with van der Waals surface area (Å²) >= 11 is 0. The monoisotopic (exact) mass is 335 g/mol. The van der Waals surface area contributed by atoms with Crippen LogP contribution in [-0.2, 0) is 20.9 Å². The molecule has 1 spiro atoms. The zero-order chi connectivity index (χ0) is 16.6. The Morgan fingerprint density at radius 1 is 1.33 bits per heavy atom. The third-order valence-corrected chi connectivity index (χ3v) is 5.36. The predicted molar refractivity (Wildman–Crippen MR) is 84.9 cm³/mol. The molecule has 0 aliphatic carbocycles. The minimum absolute atomic E-state index is 0.00452. The van der Waals surface area contributed by atoms with Gasteiger partial charge in [-0.3, -0.25) is 14.5 Å². The normalized spacial score (nSPS) is 27.2. The second-order valence-corrected chi connectivity index (χ2v) is 7.16. The molecular formula is C17H25N3O4. The van der Waals surface area contributed by atoms with Crippen LogP contribution in [0.15, 0.2) is 10.6 Å². The molecule has 0 bridgehead atoms. The minimum atomic E-state index is -0.326. The molecule has 0 radical (unpaired) electrons. The second-order valence-electron chi connectivity index (χ2n) is 7.16. The van der Waals surface area contributed by atoms with Crippen molar-refractivity contribution in [2.45, 2.75) is 57.3 Å². The van der Waals surface area contributed by atoms with Crippen molar-refractivity contribution >= 4 is 5.91 Å². The summed E-state index contributed by atoms with van der Waals surface area (Å²) in [6.45, 7) is 5.99. The number of carbonyl (C=O) groups excluding carboxylic acids is 1. The fourth-order valence-electron chi connectivity index (χ4n) is 3.98. The molecule has 0 N–H and O–H groups in total. The van der Waals surface area contributed by atoms with Crippen molar-refractivity contribution in [1.29, 1.82) is 0 Å². The Morgan fingerprint density at radius 3 is 2.83 bits per heavy atom. The van der Waals surface area contributed by atoms with E-state index in [4.69, 9.17) is 14.1 Å². The maximum atomic E-state index is 12.4. The molecule has 1 amide bonds. The Labute approximate surface area is 141 Å². The first-order chi connectivity index (χ1) is 11.6. The Hall–Kier alpha value is -1.44. The van der Waals surface area contributed by atoms with Crippen LogP contribution < -0.4 is 0 Å². The van der Waals surface area contributed by atoms with Crippen LogP contribution in [0.2, 0.25) is 0 Å². The van der Waals surface area contributed by atoms with Gasteiger partial charge >= 0.3 is 0 Å². The van der Waals surface area contributed by atoms with Crippen LogP contribution >= 0.6 is 0 Å². The van der Waals surface area contributed by atoms with Crippen molar-refractivity contribution < 1.29 is 18.9 Å². The molecule has 3 fully saturated rings. The molecule has 3 saturated heterocycles. The lowest BCUT2D eigenvalue weighted by Gasteiger charge is -2.38. The van der Waals surface area contributed by atoms with Gasteiger partial charge < -0.3 is 9.26 Å². The number of hydrogen-bond donors (Lipinski definition) is 0. The van der Waals surface area contributed by atoms with E-state index in [9.17, 15) is 4.79 Å². The molecule has 0 aromatic carbocycles. The first kappa shape index (κ1) is 16.1. The van der Waals surface area contributed by atoms with Crippen LogP contribution in [0.25, 0.3) is 0 Å². The van der Waals surface area contributed by atoms with E-state index in [2.05, 4.69) is 10.1 Å². The summed E-state index contributed by atoms with van der Waals surface area (Å²) < 4.78 is 11.4. The number of nitrogens with zero attached hydrogens (tertiary/aromatic N) is 3. The van der Waals surface area contributed by atoms with Gasteiger partial charge in [0.25, 0.3) is 5.91 Å². The molecule has 132 valence electrons. The number of likely N-dealkylation sites (tertiary alicyclic amines) is 1. The van der Waals surface area contributed by atoms with Gasteiger partial charge in [0.05, 0.1) is 24.4 Å². The van der Waals surface area contributed by atoms with Crippen molar-refractivity contribution in [2.24, 2.45) is 0 Å². The maximum Gasteiger partial charge on any atom is 0.275 e. The number of rotatable bonds is 3. The minimum Gasteiger partial charge on any atom is -0.362 e. The van der Waals surface area contributed by atoms with Gasteiger partial charge in [-0.15, -0.1) is 0 Å². The topological polar surface area (TPSA) is 68.0 Å². The number of hydrogen-bond acceptors (Lipinski definition) is 6. The largest absolute Gasteiger partial charge is 0.362 e. The average Bonchev–Trinajstić information content (AvgIpc) is 3.31. The van der Waals surface area contributed by atoms with Crippen LogP contribution in [0.5, 0.6) is 0 Å². The van der Waals surface area contributed by atoms with Gasteiger partial charge in [0.1, 0.15) is 11.9 Å². The first-order valence-electron chi connectivity index (χ1n) is 8.90. The molecule has 1 aromatic rings. The van der Waals surface area contributed by atoms with Gasteiger partial charge in [0, 0.05) is 25.7 Å². The number of piperidine rings is 1. The summed E-state index contributed by atoms with van der Waals surface area (Å²) in [6.07, 6.45) is 4.30. The SMILES string of the molecule is Cc1cc(CN2CCC3(CC[C@@H](C(=O)N4CCCO4)O3)CC2)no1. The third kappa shape index (κ3) is 3.20. The zero-order valence-electron chi connectivity index (χ0n) is 14.2. The van der Waals surface area contributed by atoms with E-state index in [0.717, 1.165) is 63.2 Å². The van der Waals surface area contributed by atoms with Crippen LogP contribution in [0.3, 0.4) is 0 Å². The van der Waals surface area contributed by atoms with Crippen molar-refractivity contribution in [3.8, 4) is 0 Å². The van der Waals surface area contributed by atoms with Gasteiger partial charge in [-0.25, -0.2) is 5.06 Å². The molecule has 3 aliphatic rings. The lowest BCUT2D eigenvalue weighted by atomic mass is 9.88. The van der Waals surface area contributed by atoms with Crippen molar-refractivity contribution in [3.63, 3.8) is 0 Å². The summed E-state index contributed by atoms with van der Waals surface area (Å²) in [5.41, 5.74) is 0.853. The number of ether oxygens (including phenoxy) is 1. The average molecular weight is 335 g/mol. The summed E-state index contributed by atoms with van der Waals surface area (Å²) in [4.78, 5) is 20.2. The molecule has 24 heavy (non-hydrogen) atoms. The second kappa shape index (κ2) is 6.46. The van der Waals surface area contributed by atoms with Crippen LogP contribution in [0.1, 0.15) is 43.6 Å². The highest BCUT2D eigenvalue weighted by Gasteiger charge is 2.46. The Kier molecular flexibility index (Phi) is 4.32. The van der Waals surface area contributed by atoms with Crippen molar-refractivity contribution in [2.75, 3.05) is 26.2 Å². The van der Waals surface area contributed by atoms with Gasteiger partial charge in [0.15, 0.2) is 0 Å². The molecule has 7 heteroatoms. The Morgan fingerprint density at radius 2 is 2.17 bits per heavy atom. The first-order valence-corrected chi connectivity index (χ1v) is 8.90. The van der Waals surface area contributed by atoms with E-state index in [1.807, 2.05) is 13.0 Å². The van der Waals surface area contributed by atoms with E-state index in [-0.39, 0.29) is 17.6 Å². The molecular weight excluding hydrogens is 310 g/mol. The fourth-order valence-corrected chi connectivity index (χ4v) is 3.98. The van der Waals surface area contributed by atoms with Crippen molar-refractivity contribution in [1.82, 2.24) is 15.1 Å². The number of aryl methyl sites for hydroxylation is 1. The third-order valence-electron chi connectivity index (χ3n) is 5.36. The molecule has 4 heterocycles. The molecule has 3 aliphatic heterocycles. The lowest BCUT2D eigenvalue weighted by molar-refractivity contribution is -0.185. The molecule has 4 rings (SSSR count). The highest BCUT2D eigenvalue weighted by molar-refractivity contribution is 5.80. The van der Waals surface area contributed by atoms with Gasteiger partial charge in [-0.1, -0.05) is 5.16 Å². The predicted octanol–water partition coefficient (Wildman–Crippen LogP) is 1.66. The Balaban J connectivity index is 1.29. The number of hydroxylamine groups is 2. The standard InChI is InChI=1S/C17H25N3O4/c1-13-11-14(18-24-13)12-19-8-5-17(6-9-19)4-3-15(23-17)16(21)20-7-2-10-22-20/h11,15H,2-10,12H2,1H3/t15-/m0/s1. The molecule has 0 unspecified atom stereocenters. The quantitative estimate of drug-likeness (QED) is 0.837.